The van der Waals surface area contributed by atoms with Gasteiger partial charge < -0.3 is 24.6 Å². The fourth-order valence-electron chi connectivity index (χ4n) is 5.08. The van der Waals surface area contributed by atoms with Crippen molar-refractivity contribution in [2.75, 3.05) is 26.4 Å². The summed E-state index contributed by atoms with van der Waals surface area (Å²) in [4.78, 5) is 34.8. The quantitative estimate of drug-likeness (QED) is 0.0248. The summed E-state index contributed by atoms with van der Waals surface area (Å²) < 4.78 is 32.6. The van der Waals surface area contributed by atoms with E-state index in [1.54, 1.807) is 0 Å². The van der Waals surface area contributed by atoms with Crippen LogP contribution in [0.5, 0.6) is 0 Å². The predicted molar refractivity (Wildman–Crippen MR) is 196 cm³/mol. The molecule has 0 heterocycles. The lowest BCUT2D eigenvalue weighted by Gasteiger charge is -2.20. The Balaban J connectivity index is 4.38. The van der Waals surface area contributed by atoms with Crippen LogP contribution in [0.25, 0.3) is 0 Å². The standard InChI is InChI=1S/C38H71O10P/c1-3-5-7-9-11-13-15-16-17-18-20-22-24-26-28-30-38(42)48-36(34-47-49(43,44)46-32-35(40)31-39)33-45-37(41)29-27-25-23-21-19-14-12-10-8-6-4-2/h11,13,16-17,35-36,39-40H,3-10,12,14-15,18-34H2,1-2H3,(H,43,44)/b13-11+,17-16+/t35-,36+/m0/s1. The number of hydrogen-bond acceptors (Lipinski definition) is 9. The van der Waals surface area contributed by atoms with Crippen LogP contribution in [0.1, 0.15) is 168 Å². The van der Waals surface area contributed by atoms with Gasteiger partial charge in [0.05, 0.1) is 19.8 Å². The number of carbonyl (C=O) groups is 2. The summed E-state index contributed by atoms with van der Waals surface area (Å²) in [5.74, 6) is -0.940. The fraction of sp³-hybridized carbons (Fsp3) is 0.842. The minimum Gasteiger partial charge on any atom is -0.462 e. The maximum Gasteiger partial charge on any atom is 0.472 e. The molecule has 11 heteroatoms. The van der Waals surface area contributed by atoms with E-state index in [0.29, 0.717) is 12.8 Å². The first-order chi connectivity index (χ1) is 23.7. The Bertz CT molecular complexity index is 879. The number of phosphoric acid groups is 1. The summed E-state index contributed by atoms with van der Waals surface area (Å²) in [5, 5.41) is 18.3. The van der Waals surface area contributed by atoms with Gasteiger partial charge in [0.25, 0.3) is 0 Å². The minimum atomic E-state index is -4.61. The molecule has 0 aliphatic carbocycles. The van der Waals surface area contributed by atoms with Gasteiger partial charge in [-0.2, -0.15) is 0 Å². The molecule has 0 fully saturated rings. The van der Waals surface area contributed by atoms with Crippen LogP contribution in [-0.4, -0.2) is 65.7 Å². The third kappa shape index (κ3) is 34.7. The molecule has 0 saturated heterocycles. The van der Waals surface area contributed by atoms with Crippen molar-refractivity contribution in [1.82, 2.24) is 0 Å². The van der Waals surface area contributed by atoms with E-state index in [0.717, 1.165) is 64.2 Å². The Hall–Kier alpha value is -1.55. The first-order valence-corrected chi connectivity index (χ1v) is 20.8. The van der Waals surface area contributed by atoms with Crippen molar-refractivity contribution in [3.05, 3.63) is 24.3 Å². The van der Waals surface area contributed by atoms with Crippen molar-refractivity contribution in [3.63, 3.8) is 0 Å². The Morgan fingerprint density at radius 2 is 1.06 bits per heavy atom. The second-order valence-corrected chi connectivity index (χ2v) is 14.4. The minimum absolute atomic E-state index is 0.170. The zero-order valence-corrected chi connectivity index (χ0v) is 31.8. The molecule has 0 aliphatic heterocycles. The van der Waals surface area contributed by atoms with Crippen molar-refractivity contribution >= 4 is 19.8 Å². The molecule has 0 radical (unpaired) electrons. The number of allylic oxidation sites excluding steroid dienone is 4. The van der Waals surface area contributed by atoms with Crippen LogP contribution in [0.15, 0.2) is 24.3 Å². The molecule has 0 bridgehead atoms. The van der Waals surface area contributed by atoms with Crippen molar-refractivity contribution in [3.8, 4) is 0 Å². The van der Waals surface area contributed by atoms with E-state index in [2.05, 4.69) is 42.7 Å². The van der Waals surface area contributed by atoms with Crippen LogP contribution in [0.2, 0.25) is 0 Å². The number of aliphatic hydroxyl groups is 2. The second kappa shape index (κ2) is 34.9. The number of hydrogen-bond donors (Lipinski definition) is 3. The van der Waals surface area contributed by atoms with Gasteiger partial charge in [0.15, 0.2) is 6.10 Å². The Morgan fingerprint density at radius 3 is 1.61 bits per heavy atom. The number of phosphoric ester groups is 1. The zero-order valence-electron chi connectivity index (χ0n) is 30.9. The van der Waals surface area contributed by atoms with E-state index < -0.39 is 51.8 Å². The van der Waals surface area contributed by atoms with Crippen molar-refractivity contribution in [2.24, 2.45) is 0 Å². The van der Waals surface area contributed by atoms with Crippen LogP contribution >= 0.6 is 7.82 Å². The molecular formula is C38H71O10P. The molecule has 1 unspecified atom stereocenters. The van der Waals surface area contributed by atoms with Crippen molar-refractivity contribution in [2.45, 2.75) is 180 Å². The summed E-state index contributed by atoms with van der Waals surface area (Å²) in [6.45, 7) is 2.32. The molecule has 0 rings (SSSR count). The maximum absolute atomic E-state index is 12.5. The molecule has 0 aromatic rings. The average molecular weight is 719 g/mol. The van der Waals surface area contributed by atoms with Gasteiger partial charge in [0.2, 0.25) is 0 Å². The van der Waals surface area contributed by atoms with Crippen LogP contribution < -0.4 is 0 Å². The van der Waals surface area contributed by atoms with Crippen LogP contribution in [-0.2, 0) is 32.7 Å². The molecule has 0 aromatic carbocycles. The van der Waals surface area contributed by atoms with Gasteiger partial charge in [-0.1, -0.05) is 134 Å². The van der Waals surface area contributed by atoms with Crippen LogP contribution in [0, 0.1) is 0 Å². The van der Waals surface area contributed by atoms with Crippen LogP contribution in [0.3, 0.4) is 0 Å². The van der Waals surface area contributed by atoms with Gasteiger partial charge in [0.1, 0.15) is 12.7 Å². The van der Waals surface area contributed by atoms with Gasteiger partial charge in [0, 0.05) is 12.8 Å². The lowest BCUT2D eigenvalue weighted by atomic mass is 10.1. The summed E-state index contributed by atoms with van der Waals surface area (Å²) >= 11 is 0. The van der Waals surface area contributed by atoms with Gasteiger partial charge >= 0.3 is 19.8 Å². The number of rotatable bonds is 36. The molecule has 3 atom stereocenters. The molecular weight excluding hydrogens is 647 g/mol. The zero-order chi connectivity index (χ0) is 36.3. The molecule has 49 heavy (non-hydrogen) atoms. The number of carbonyl (C=O) groups excluding carboxylic acids is 2. The predicted octanol–water partition coefficient (Wildman–Crippen LogP) is 9.44. The van der Waals surface area contributed by atoms with Crippen LogP contribution in [0.4, 0.5) is 0 Å². The van der Waals surface area contributed by atoms with Gasteiger partial charge in [-0.05, 0) is 44.9 Å². The van der Waals surface area contributed by atoms with E-state index >= 15 is 0 Å². The van der Waals surface area contributed by atoms with E-state index in [4.69, 9.17) is 19.1 Å². The normalized spacial score (nSPS) is 14.3. The van der Waals surface area contributed by atoms with E-state index in [1.165, 1.54) is 64.2 Å². The highest BCUT2D eigenvalue weighted by atomic mass is 31.2. The lowest BCUT2D eigenvalue weighted by molar-refractivity contribution is -0.161. The monoisotopic (exact) mass is 718 g/mol. The summed E-state index contributed by atoms with van der Waals surface area (Å²) in [6.07, 6.45) is 31.4. The molecule has 0 aromatic heterocycles. The highest BCUT2D eigenvalue weighted by Gasteiger charge is 2.27. The second-order valence-electron chi connectivity index (χ2n) is 13.0. The molecule has 0 saturated carbocycles. The number of aliphatic hydroxyl groups excluding tert-OH is 2. The van der Waals surface area contributed by atoms with E-state index in [9.17, 15) is 24.2 Å². The van der Waals surface area contributed by atoms with Crippen molar-refractivity contribution < 1.29 is 47.8 Å². The molecule has 0 aliphatic rings. The molecule has 10 nitrogen and oxygen atoms in total. The summed E-state index contributed by atoms with van der Waals surface area (Å²) in [7, 11) is -4.61. The number of ether oxygens (including phenoxy) is 2. The Kier molecular flexibility index (Phi) is 33.8. The maximum atomic E-state index is 12.5. The lowest BCUT2D eigenvalue weighted by Crippen LogP contribution is -2.29. The third-order valence-electron chi connectivity index (χ3n) is 8.11. The molecule has 0 spiro atoms. The molecule has 288 valence electrons. The first-order valence-electron chi connectivity index (χ1n) is 19.3. The smallest absolute Gasteiger partial charge is 0.462 e. The summed E-state index contributed by atoms with van der Waals surface area (Å²) in [5.41, 5.74) is 0. The third-order valence-corrected chi connectivity index (χ3v) is 9.06. The topological polar surface area (TPSA) is 149 Å². The van der Waals surface area contributed by atoms with Crippen molar-refractivity contribution in [1.29, 1.82) is 0 Å². The number of unbranched alkanes of at least 4 members (excludes halogenated alkanes) is 18. The van der Waals surface area contributed by atoms with Gasteiger partial charge in [-0.25, -0.2) is 4.57 Å². The largest absolute Gasteiger partial charge is 0.472 e. The molecule has 3 N–H and O–H groups in total. The fourth-order valence-corrected chi connectivity index (χ4v) is 5.87. The average Bonchev–Trinajstić information content (AvgIpc) is 3.09. The van der Waals surface area contributed by atoms with Gasteiger partial charge in [-0.15, -0.1) is 0 Å². The van der Waals surface area contributed by atoms with Gasteiger partial charge in [-0.3, -0.25) is 18.6 Å². The SMILES string of the molecule is CCCCC/C=C/C/C=C/CCCCCCCC(=O)O[C@H](COC(=O)CCCCCCCCCCCCC)COP(=O)(O)OC[C@@H](O)CO. The number of esters is 2. The summed E-state index contributed by atoms with van der Waals surface area (Å²) in [6, 6.07) is 0. The highest BCUT2D eigenvalue weighted by Crippen LogP contribution is 2.43. The van der Waals surface area contributed by atoms with E-state index in [-0.39, 0.29) is 19.4 Å². The Morgan fingerprint density at radius 1 is 0.612 bits per heavy atom. The first kappa shape index (κ1) is 47.4. The molecule has 0 amide bonds. The highest BCUT2D eigenvalue weighted by molar-refractivity contribution is 7.47. The van der Waals surface area contributed by atoms with E-state index in [1.807, 2.05) is 0 Å². The Labute approximate surface area is 298 Å².